The zero-order valence-corrected chi connectivity index (χ0v) is 81.0. The first-order chi connectivity index (χ1) is 50.2. The summed E-state index contributed by atoms with van der Waals surface area (Å²) < 4.78 is 94.3. The molecule has 90 heteroatoms. The van der Waals surface area contributed by atoms with Crippen molar-refractivity contribution < 1.29 is 347 Å². The van der Waals surface area contributed by atoms with Gasteiger partial charge in [0.1, 0.15) is 0 Å². The summed E-state index contributed by atoms with van der Waals surface area (Å²) in [6.07, 6.45) is -13.0. The molecule has 0 fully saturated rings. The smallest absolute Gasteiger partial charge is 0.836 e. The zero-order valence-electron chi connectivity index (χ0n) is 70.1. The van der Waals surface area contributed by atoms with Crippen molar-refractivity contribution >= 4 is 119 Å². The van der Waals surface area contributed by atoms with Crippen molar-refractivity contribution in [1.82, 2.24) is 0 Å². The predicted molar refractivity (Wildman–Crippen MR) is 451 cm³/mol. The van der Waals surface area contributed by atoms with E-state index in [1.54, 1.807) is 0 Å². The average Bonchev–Trinajstić information content (AvgIpc) is 0.761. The Morgan fingerprint density at radius 2 is 0.257 bits per heavy atom. The Balaban J connectivity index is -0.0000000267. The van der Waals surface area contributed by atoms with Crippen molar-refractivity contribution in [2.24, 2.45) is 138 Å². The first kappa shape index (κ1) is 234. The van der Waals surface area contributed by atoms with E-state index in [-0.39, 0.29) is 225 Å². The predicted octanol–water partition coefficient (Wildman–Crippen LogP) is -52.2. The molecule has 0 aromatic heterocycles. The summed E-state index contributed by atoms with van der Waals surface area (Å²) in [5.74, 6) is -0.667. The molecule has 8 atom stereocenters. The number of carbonyl (C=O) groups excluding carboxylic acids is 2. The second-order valence-electron chi connectivity index (χ2n) is 19.2. The maximum atomic E-state index is 12.5. The SMILES string of the molecule is NC(N)=[NH2+].NC(N)=[NH2+].NC(N)=[NH2+].NC(N)=[NH2+].NC(N)=[NH2+].NC(N)=[NH2+].NC(N)=[NH2+].NC(N)=[NH2+].NCP(=O)([O-])C([O-])(c1ccccc1)P(=O)([O-])CN.NCP(=O)([O-])C([O-])(c1ccccc1)P(=O)([O-])CN.NCP(=O)([O-])C([O-])(c1ccccc1)P(=O)([O-])CN.NCP(=O)([O-])C([O-])(c1ccccc1)P(=O)([O-])CN.O.O.O.O.O.O.O.O.O.O.O.O.O.O.O.O.O.O.O.O.O=C([O-])[O-].O=C([O-])[O-].[Cu+2].[Cu+2].[Cu+2].[Cu+2]. The van der Waals surface area contributed by atoms with Crippen LogP contribution < -0.4 is 261 Å². The molecule has 78 nitrogen and oxygen atoms in total. The van der Waals surface area contributed by atoms with Crippen LogP contribution in [0.15, 0.2) is 121 Å². The van der Waals surface area contributed by atoms with Crippen LogP contribution in [0.4, 0.5) is 9.59 Å². The Kier molecular flexibility index (Phi) is 193. The fraction of sp³-hybridized carbons (Fsp3) is 0.261. The van der Waals surface area contributed by atoms with Crippen molar-refractivity contribution in [3.8, 4) is 0 Å². The van der Waals surface area contributed by atoms with E-state index in [9.17, 15) is 96.1 Å². The van der Waals surface area contributed by atoms with Crippen molar-refractivity contribution in [2.75, 3.05) is 50.3 Å². The number of guanidine groups is 8. The molecule has 0 bridgehead atoms. The van der Waals surface area contributed by atoms with Gasteiger partial charge in [0.15, 0.2) is 0 Å². The van der Waals surface area contributed by atoms with Crippen LogP contribution in [0.3, 0.4) is 0 Å². The van der Waals surface area contributed by atoms with Crippen molar-refractivity contribution in [3.63, 3.8) is 0 Å². The van der Waals surface area contributed by atoms with Crippen molar-refractivity contribution in [2.45, 2.75) is 20.3 Å². The molecule has 4 rings (SSSR count). The van der Waals surface area contributed by atoms with Gasteiger partial charge in [-0.05, 0) is 34.6 Å². The molecule has 4 aromatic rings. The van der Waals surface area contributed by atoms with Crippen LogP contribution in [0.1, 0.15) is 22.3 Å². The normalized spacial score (nSPS) is 13.2. The Morgan fingerprint density at radius 3 is 0.301 bits per heavy atom. The van der Waals surface area contributed by atoms with Crippen LogP contribution in [0.25, 0.3) is 0 Å². The van der Waals surface area contributed by atoms with Crippen LogP contribution in [0, 0.1) is 0 Å². The van der Waals surface area contributed by atoms with E-state index >= 15 is 0 Å². The Labute approximate surface area is 813 Å². The maximum Gasteiger partial charge on any atom is 2.00 e. The molecule has 0 spiro atoms. The van der Waals surface area contributed by atoms with E-state index in [0.717, 1.165) is 48.5 Å². The molecule has 136 heavy (non-hydrogen) atoms. The number of carboxylic acid groups (broad SMARTS) is 4. The molecule has 4 radical (unpaired) electrons. The fourth-order valence-corrected chi connectivity index (χ4v) is 21.8. The molecule has 0 saturated carbocycles. The third kappa shape index (κ3) is 94.8. The summed E-state index contributed by atoms with van der Waals surface area (Å²) >= 11 is 0. The maximum absolute atomic E-state index is 12.5. The Morgan fingerprint density at radius 1 is 0.206 bits per heavy atom. The number of carbonyl (C=O) groups is 2. The van der Waals surface area contributed by atoms with E-state index in [0.29, 0.717) is 0 Å². The minimum atomic E-state index is -4.94. The molecule has 0 aliphatic rings. The molecule has 0 aliphatic heterocycles. The topological polar surface area (TPSA) is 2000 Å². The number of hydrogen-bond acceptors (Lipinski definition) is 34. The van der Waals surface area contributed by atoms with Crippen LogP contribution in [-0.4, -0.2) is 220 Å². The molecule has 844 valence electrons. The largest absolute Gasteiger partial charge is 2.00 e. The fourth-order valence-electron chi connectivity index (χ4n) is 6.11. The molecular formula is C46H140Cu4N32O46P8. The van der Waals surface area contributed by atoms with E-state index in [1.807, 2.05) is 0 Å². The first-order valence-electron chi connectivity index (χ1n) is 28.1. The summed E-state index contributed by atoms with van der Waals surface area (Å²) in [6.45, 7) is 0. The van der Waals surface area contributed by atoms with Gasteiger partial charge >= 0.3 is 116 Å². The molecular weight excluding hydrogens is 2240 g/mol. The molecule has 0 aliphatic carbocycles. The van der Waals surface area contributed by atoms with E-state index in [2.05, 4.69) is 135 Å². The first-order valence-corrected chi connectivity index (χ1v) is 42.6. The van der Waals surface area contributed by atoms with Gasteiger partial charge in [0.05, 0.1) is 0 Å². The van der Waals surface area contributed by atoms with Gasteiger partial charge in [-0.1, -0.05) is 121 Å². The number of benzene rings is 4. The average molecular weight is 2380 g/mol. The van der Waals surface area contributed by atoms with Gasteiger partial charge in [0, 0.05) is 130 Å². The molecule has 0 saturated heterocycles. The van der Waals surface area contributed by atoms with E-state index in [1.165, 1.54) is 72.8 Å². The second-order valence-corrected chi connectivity index (χ2v) is 39.4. The van der Waals surface area contributed by atoms with Gasteiger partial charge in [-0.25, -0.2) is 0 Å². The summed E-state index contributed by atoms with van der Waals surface area (Å²) in [6, 6.07) is 26.1. The quantitative estimate of drug-likeness (QED) is 0.0169. The van der Waals surface area contributed by atoms with Gasteiger partial charge in [-0.15, -0.1) is 0 Å². The molecule has 4 aromatic carbocycles. The van der Waals surface area contributed by atoms with Gasteiger partial charge in [-0.3, -0.25) is 135 Å². The third-order valence-electron chi connectivity index (χ3n) is 10.2. The summed E-state index contributed by atoms with van der Waals surface area (Å²) in [4.78, 5) is 111. The van der Waals surface area contributed by atoms with Gasteiger partial charge in [-0.2, -0.15) is 0 Å². The van der Waals surface area contributed by atoms with Crippen LogP contribution in [0.2, 0.25) is 0 Å². The number of rotatable bonds is 20. The van der Waals surface area contributed by atoms with Crippen LogP contribution in [0.5, 0.6) is 0 Å². The second kappa shape index (κ2) is 112. The van der Waals surface area contributed by atoms with Crippen LogP contribution in [-0.2, 0) is 125 Å². The van der Waals surface area contributed by atoms with Crippen molar-refractivity contribution in [3.05, 3.63) is 144 Å². The molecule has 8 unspecified atom stereocenters. The van der Waals surface area contributed by atoms with Crippen molar-refractivity contribution in [1.29, 1.82) is 0 Å². The molecule has 104 N–H and O–H groups in total. The van der Waals surface area contributed by atoms with Gasteiger partial charge in [0.2, 0.25) is 0 Å². The van der Waals surface area contributed by atoms with E-state index in [4.69, 9.17) is 75.9 Å². The summed E-state index contributed by atoms with van der Waals surface area (Å²) in [5.41, 5.74) is 112. The van der Waals surface area contributed by atoms with Gasteiger partial charge < -0.3 is 282 Å². The third-order valence-corrected chi connectivity index (χ3v) is 30.8. The van der Waals surface area contributed by atoms with E-state index < -0.39 is 164 Å². The summed E-state index contributed by atoms with van der Waals surface area (Å²) in [5, 5.41) is 107. The molecule has 0 amide bonds. The molecule has 0 heterocycles. The monoisotopic (exact) mass is 2380 g/mol. The standard InChI is InChI=1S/4C9H15N2O5P2.8CH5N3.2CH2O3.4Cu.20H2O/c4*10-6-17(13,14)9(12,18(15,16)7-11)8-4-2-1-3-5-8;10*2-1(3)4;;;;;;;;;;;;;;;;;;;;;;;;/h4*1-5H,6-7,10-11H2,(H,13,14)(H,15,16);8*(H5,2,3,4);2*(H2,2,3,4);;;;;20*1H2/q4*-1;;;;;;;;;;;4*+2;;;;;;;;;;;;;;;;;;;;/p-4. The number of nitrogens with two attached hydrogens (primary N) is 32. The Bertz CT molecular complexity index is 3270. The minimum Gasteiger partial charge on any atom is -0.836 e. The number of hydrogen-bond donors (Lipinski definition) is 32. The minimum absolute atomic E-state index is 0. The van der Waals surface area contributed by atoms with Gasteiger partial charge in [0.25, 0.3) is 0 Å². The van der Waals surface area contributed by atoms with Crippen LogP contribution >= 0.6 is 59.0 Å². The summed E-state index contributed by atoms with van der Waals surface area (Å²) in [7, 11) is -39.5. The Hall–Kier alpha value is -8.10. The zero-order chi connectivity index (χ0) is 91.9.